The Morgan fingerprint density at radius 3 is 1.47 bits per heavy atom. The van der Waals surface area contributed by atoms with E-state index in [4.69, 9.17) is 0 Å². The summed E-state index contributed by atoms with van der Waals surface area (Å²) in [6, 6.07) is 0. The SMILES string of the molecule is BC(CCCCC)CCCCCCCCCC. The molecule has 0 aromatic heterocycles. The molecule has 0 aliphatic carbocycles. The first kappa shape index (κ1) is 17.1. The van der Waals surface area contributed by atoms with E-state index in [0.29, 0.717) is 0 Å². The van der Waals surface area contributed by atoms with Crippen LogP contribution >= 0.6 is 0 Å². The van der Waals surface area contributed by atoms with Crippen molar-refractivity contribution in [3.8, 4) is 0 Å². The highest BCUT2D eigenvalue weighted by atomic mass is 14.0. The highest BCUT2D eigenvalue weighted by Crippen LogP contribution is 2.20. The summed E-state index contributed by atoms with van der Waals surface area (Å²) >= 11 is 0. The Kier molecular flexibility index (Phi) is 14.2. The highest BCUT2D eigenvalue weighted by molar-refractivity contribution is 6.11. The maximum atomic E-state index is 2.44. The lowest BCUT2D eigenvalue weighted by Gasteiger charge is -2.10. The van der Waals surface area contributed by atoms with Gasteiger partial charge in [-0.15, -0.1) is 0 Å². The predicted molar refractivity (Wildman–Crippen MR) is 83.7 cm³/mol. The molecule has 0 N–H and O–H groups in total. The first-order valence-corrected chi connectivity index (χ1v) is 8.31. The fourth-order valence-electron chi connectivity index (χ4n) is 2.51. The molecule has 0 rings (SSSR count). The Morgan fingerprint density at radius 1 is 0.588 bits per heavy atom. The summed E-state index contributed by atoms with van der Waals surface area (Å²) in [5, 5.41) is 0. The van der Waals surface area contributed by atoms with Gasteiger partial charge in [0.15, 0.2) is 0 Å². The van der Waals surface area contributed by atoms with Gasteiger partial charge in [-0.1, -0.05) is 103 Å². The van der Waals surface area contributed by atoms with Gasteiger partial charge in [0, 0.05) is 0 Å². The van der Waals surface area contributed by atoms with Crippen LogP contribution in [0.4, 0.5) is 0 Å². The van der Waals surface area contributed by atoms with E-state index in [9.17, 15) is 0 Å². The van der Waals surface area contributed by atoms with Crippen molar-refractivity contribution in [1.82, 2.24) is 0 Å². The van der Waals surface area contributed by atoms with E-state index in [-0.39, 0.29) is 0 Å². The van der Waals surface area contributed by atoms with E-state index in [1.54, 1.807) is 0 Å². The lowest BCUT2D eigenvalue weighted by molar-refractivity contribution is 0.538. The summed E-state index contributed by atoms with van der Waals surface area (Å²) < 4.78 is 0. The molecule has 1 unspecified atom stereocenters. The van der Waals surface area contributed by atoms with E-state index in [2.05, 4.69) is 21.7 Å². The minimum absolute atomic E-state index is 0.974. The average molecular weight is 238 g/mol. The molecule has 1 heteroatoms. The van der Waals surface area contributed by atoms with Crippen LogP contribution in [0.15, 0.2) is 0 Å². The molecule has 0 saturated heterocycles. The first-order valence-electron chi connectivity index (χ1n) is 8.31. The molecule has 0 fully saturated rings. The molecule has 0 radical (unpaired) electrons. The van der Waals surface area contributed by atoms with Crippen molar-refractivity contribution in [3.63, 3.8) is 0 Å². The molecule has 0 saturated carbocycles. The largest absolute Gasteiger partial charge is 0.105 e. The van der Waals surface area contributed by atoms with Crippen LogP contribution in [0, 0.1) is 0 Å². The zero-order valence-electron chi connectivity index (χ0n) is 12.8. The molecule has 17 heavy (non-hydrogen) atoms. The Morgan fingerprint density at radius 2 is 0.941 bits per heavy atom. The fraction of sp³-hybridized carbons (Fsp3) is 1.00. The van der Waals surface area contributed by atoms with Crippen molar-refractivity contribution in [1.29, 1.82) is 0 Å². The zero-order valence-corrected chi connectivity index (χ0v) is 12.8. The molecule has 0 aromatic carbocycles. The van der Waals surface area contributed by atoms with Gasteiger partial charge in [-0.25, -0.2) is 0 Å². The quantitative estimate of drug-likeness (QED) is 0.293. The normalized spacial score (nSPS) is 12.8. The minimum Gasteiger partial charge on any atom is -0.0697 e. The third kappa shape index (κ3) is 14.0. The van der Waals surface area contributed by atoms with E-state index in [1.807, 2.05) is 0 Å². The average Bonchev–Trinajstić information content (AvgIpc) is 2.33. The second kappa shape index (κ2) is 14.1. The maximum absolute atomic E-state index is 2.44. The van der Waals surface area contributed by atoms with Crippen molar-refractivity contribution in [2.24, 2.45) is 0 Å². The number of hydrogen-bond donors (Lipinski definition) is 0. The molecule has 0 spiro atoms. The minimum atomic E-state index is 0.974. The van der Waals surface area contributed by atoms with E-state index in [0.717, 1.165) is 5.82 Å². The molecule has 0 bridgehead atoms. The van der Waals surface area contributed by atoms with Gasteiger partial charge in [0.2, 0.25) is 0 Å². The molecule has 0 aliphatic heterocycles. The molecule has 0 aliphatic rings. The summed E-state index contributed by atoms with van der Waals surface area (Å²) in [5.41, 5.74) is 0. The van der Waals surface area contributed by atoms with Crippen molar-refractivity contribution < 1.29 is 0 Å². The third-order valence-corrected chi connectivity index (χ3v) is 3.85. The Balaban J connectivity index is 3.05. The first-order chi connectivity index (χ1) is 8.31. The molecule has 0 aromatic rings. The van der Waals surface area contributed by atoms with Crippen LogP contribution in [-0.2, 0) is 0 Å². The van der Waals surface area contributed by atoms with Gasteiger partial charge in [-0.2, -0.15) is 0 Å². The molecular weight excluding hydrogens is 203 g/mol. The van der Waals surface area contributed by atoms with Crippen molar-refractivity contribution in [2.75, 3.05) is 0 Å². The van der Waals surface area contributed by atoms with Crippen LogP contribution in [0.25, 0.3) is 0 Å². The van der Waals surface area contributed by atoms with Crippen LogP contribution in [0.5, 0.6) is 0 Å². The number of hydrogen-bond acceptors (Lipinski definition) is 0. The van der Waals surface area contributed by atoms with E-state index >= 15 is 0 Å². The summed E-state index contributed by atoms with van der Waals surface area (Å²) in [4.78, 5) is 0. The van der Waals surface area contributed by atoms with Gasteiger partial charge < -0.3 is 0 Å². The molecule has 1 atom stereocenters. The third-order valence-electron chi connectivity index (χ3n) is 3.85. The second-order valence-corrected chi connectivity index (χ2v) is 5.86. The molecule has 0 nitrogen and oxygen atoms in total. The van der Waals surface area contributed by atoms with Gasteiger partial charge >= 0.3 is 0 Å². The topological polar surface area (TPSA) is 0 Å². The molecular formula is C16H35B. The molecule has 0 heterocycles. The second-order valence-electron chi connectivity index (χ2n) is 5.86. The van der Waals surface area contributed by atoms with Crippen molar-refractivity contribution >= 4 is 7.85 Å². The standard InChI is InChI=1S/C16H35B/c1-3-5-7-8-9-10-11-13-15-16(17)14-12-6-4-2/h16H,3-15,17H2,1-2H3. The zero-order chi connectivity index (χ0) is 12.8. The number of unbranched alkanes of at least 4 members (excludes halogenated alkanes) is 9. The van der Waals surface area contributed by atoms with Crippen LogP contribution in [-0.4, -0.2) is 7.85 Å². The summed E-state index contributed by atoms with van der Waals surface area (Å²) in [6.45, 7) is 4.59. The smallest absolute Gasteiger partial charge is 0.0697 e. The van der Waals surface area contributed by atoms with Crippen LogP contribution in [0.3, 0.4) is 0 Å². The van der Waals surface area contributed by atoms with Gasteiger partial charge in [0.05, 0.1) is 0 Å². The lowest BCUT2D eigenvalue weighted by atomic mass is 9.79. The van der Waals surface area contributed by atoms with Crippen LogP contribution in [0.1, 0.15) is 97.3 Å². The maximum Gasteiger partial charge on any atom is 0.105 e. The Labute approximate surface area is 111 Å². The predicted octanol–water partition coefficient (Wildman–Crippen LogP) is 5.52. The fourth-order valence-corrected chi connectivity index (χ4v) is 2.51. The van der Waals surface area contributed by atoms with Gasteiger partial charge in [-0.05, 0) is 0 Å². The summed E-state index contributed by atoms with van der Waals surface area (Å²) in [6.07, 6.45) is 18.8. The highest BCUT2D eigenvalue weighted by Gasteiger charge is 2.01. The Bertz CT molecular complexity index is 133. The molecule has 102 valence electrons. The van der Waals surface area contributed by atoms with Gasteiger partial charge in [0.1, 0.15) is 7.85 Å². The van der Waals surface area contributed by atoms with Crippen LogP contribution in [0.2, 0.25) is 5.82 Å². The van der Waals surface area contributed by atoms with E-state index < -0.39 is 0 Å². The van der Waals surface area contributed by atoms with Crippen LogP contribution < -0.4 is 0 Å². The number of rotatable bonds is 13. The monoisotopic (exact) mass is 238 g/mol. The molecule has 0 amide bonds. The van der Waals surface area contributed by atoms with Crippen molar-refractivity contribution in [3.05, 3.63) is 0 Å². The van der Waals surface area contributed by atoms with Gasteiger partial charge in [0.25, 0.3) is 0 Å². The van der Waals surface area contributed by atoms with Crippen molar-refractivity contribution in [2.45, 2.75) is 103 Å². The lowest BCUT2D eigenvalue weighted by Crippen LogP contribution is -1.93. The summed E-state index contributed by atoms with van der Waals surface area (Å²) in [5.74, 6) is 0.974. The summed E-state index contributed by atoms with van der Waals surface area (Å²) in [7, 11) is 2.44. The van der Waals surface area contributed by atoms with Gasteiger partial charge in [-0.3, -0.25) is 0 Å². The van der Waals surface area contributed by atoms with E-state index in [1.165, 1.54) is 83.5 Å². The Hall–Kier alpha value is 0.0649.